The third-order valence-corrected chi connectivity index (χ3v) is 2.70. The Morgan fingerprint density at radius 1 is 1.53 bits per heavy atom. The number of nitrogens with zero attached hydrogens (tertiary/aromatic N) is 1. The van der Waals surface area contributed by atoms with E-state index in [9.17, 15) is 9.18 Å². The van der Waals surface area contributed by atoms with E-state index in [0.717, 1.165) is 5.56 Å². The van der Waals surface area contributed by atoms with Crippen molar-refractivity contribution in [2.45, 2.75) is 19.5 Å². The Hall–Kier alpha value is -1.13. The van der Waals surface area contributed by atoms with Crippen molar-refractivity contribution in [1.82, 2.24) is 10.2 Å². The van der Waals surface area contributed by atoms with Crippen LogP contribution in [-0.2, 0) is 11.3 Å². The molecule has 17 heavy (non-hydrogen) atoms. The van der Waals surface area contributed by atoms with Crippen LogP contribution < -0.4 is 5.32 Å². The van der Waals surface area contributed by atoms with E-state index in [2.05, 4.69) is 5.32 Å². The van der Waals surface area contributed by atoms with Crippen LogP contribution in [0.4, 0.5) is 4.39 Å². The van der Waals surface area contributed by atoms with E-state index in [1.807, 2.05) is 0 Å². The van der Waals surface area contributed by atoms with Gasteiger partial charge in [-0.25, -0.2) is 4.39 Å². The molecule has 0 bridgehead atoms. The van der Waals surface area contributed by atoms with Crippen LogP contribution in [0.25, 0.3) is 0 Å². The summed E-state index contributed by atoms with van der Waals surface area (Å²) >= 11 is 5.66. The van der Waals surface area contributed by atoms with Crippen LogP contribution in [0, 0.1) is 5.82 Å². The number of nitrogens with one attached hydrogen (secondary N) is 1. The minimum Gasteiger partial charge on any atom is -0.347 e. The molecule has 0 aliphatic carbocycles. The number of carbonyl (C=O) groups excluding carboxylic acids is 1. The van der Waals surface area contributed by atoms with Crippen molar-refractivity contribution in [3.8, 4) is 0 Å². The van der Waals surface area contributed by atoms with Gasteiger partial charge in [0.25, 0.3) is 0 Å². The third kappa shape index (κ3) is 3.98. The van der Waals surface area contributed by atoms with Crippen molar-refractivity contribution in [2.75, 3.05) is 14.1 Å². The fraction of sp³-hybridized carbons (Fsp3) is 0.417. The van der Waals surface area contributed by atoms with Crippen LogP contribution in [0.3, 0.4) is 0 Å². The Kier molecular flexibility index (Phi) is 4.90. The molecule has 1 aromatic rings. The molecule has 0 aliphatic rings. The standard InChI is InChI=1S/C12H16ClFN2O/c1-8(12(17)16(2)3)15-7-9-4-5-11(14)10(13)6-9/h4-6,8,15H,7H2,1-3H3. The number of carbonyl (C=O) groups is 1. The molecule has 0 saturated carbocycles. The predicted molar refractivity (Wildman–Crippen MR) is 66.4 cm³/mol. The Morgan fingerprint density at radius 3 is 2.71 bits per heavy atom. The number of benzene rings is 1. The van der Waals surface area contributed by atoms with E-state index >= 15 is 0 Å². The SMILES string of the molecule is CC(NCc1ccc(F)c(Cl)c1)C(=O)N(C)C. The summed E-state index contributed by atoms with van der Waals surface area (Å²) in [6, 6.07) is 4.23. The lowest BCUT2D eigenvalue weighted by Crippen LogP contribution is -2.41. The summed E-state index contributed by atoms with van der Waals surface area (Å²) in [5, 5.41) is 3.15. The largest absolute Gasteiger partial charge is 0.347 e. The van der Waals surface area contributed by atoms with Crippen molar-refractivity contribution >= 4 is 17.5 Å². The van der Waals surface area contributed by atoms with Gasteiger partial charge in [-0.1, -0.05) is 17.7 Å². The second-order valence-corrected chi connectivity index (χ2v) is 4.49. The van der Waals surface area contributed by atoms with Gasteiger partial charge in [-0.05, 0) is 24.6 Å². The molecule has 94 valence electrons. The maximum Gasteiger partial charge on any atom is 0.238 e. The Labute approximate surface area is 106 Å². The van der Waals surface area contributed by atoms with Gasteiger partial charge in [0.15, 0.2) is 0 Å². The smallest absolute Gasteiger partial charge is 0.238 e. The van der Waals surface area contributed by atoms with Crippen molar-refractivity contribution in [2.24, 2.45) is 0 Å². The van der Waals surface area contributed by atoms with Crippen molar-refractivity contribution in [3.63, 3.8) is 0 Å². The first-order valence-electron chi connectivity index (χ1n) is 5.30. The molecule has 1 rings (SSSR count). The van der Waals surface area contributed by atoms with Crippen LogP contribution in [-0.4, -0.2) is 30.9 Å². The Morgan fingerprint density at radius 2 is 2.18 bits per heavy atom. The van der Waals surface area contributed by atoms with E-state index in [4.69, 9.17) is 11.6 Å². The van der Waals surface area contributed by atoms with Crippen LogP contribution in [0.1, 0.15) is 12.5 Å². The maximum absolute atomic E-state index is 12.9. The molecule has 0 radical (unpaired) electrons. The second-order valence-electron chi connectivity index (χ2n) is 4.08. The molecule has 3 nitrogen and oxygen atoms in total. The predicted octanol–water partition coefficient (Wildman–Crippen LogP) is 2.05. The first kappa shape index (κ1) is 13.9. The maximum atomic E-state index is 12.9. The van der Waals surface area contributed by atoms with E-state index in [1.165, 1.54) is 11.0 Å². The zero-order chi connectivity index (χ0) is 13.0. The molecular formula is C12H16ClFN2O. The normalized spacial score (nSPS) is 12.3. The lowest BCUT2D eigenvalue weighted by atomic mass is 10.2. The van der Waals surface area contributed by atoms with E-state index in [0.29, 0.717) is 6.54 Å². The Bertz CT molecular complexity index is 409. The average Bonchev–Trinajstić information content (AvgIpc) is 2.29. The van der Waals surface area contributed by atoms with Crippen LogP contribution in [0.2, 0.25) is 5.02 Å². The number of rotatable bonds is 4. The van der Waals surface area contributed by atoms with Crippen LogP contribution in [0.15, 0.2) is 18.2 Å². The van der Waals surface area contributed by atoms with Gasteiger partial charge in [0.05, 0.1) is 11.1 Å². The first-order chi connectivity index (χ1) is 7.91. The summed E-state index contributed by atoms with van der Waals surface area (Å²) in [6.07, 6.45) is 0. The van der Waals surface area contributed by atoms with Gasteiger partial charge in [-0.3, -0.25) is 4.79 Å². The number of amides is 1. The molecular weight excluding hydrogens is 243 g/mol. The molecule has 1 unspecified atom stereocenters. The molecule has 1 aromatic carbocycles. The second kappa shape index (κ2) is 5.98. The van der Waals surface area contributed by atoms with Gasteiger partial charge < -0.3 is 10.2 Å². The molecule has 0 aromatic heterocycles. The van der Waals surface area contributed by atoms with Crippen molar-refractivity contribution < 1.29 is 9.18 Å². The monoisotopic (exact) mass is 258 g/mol. The first-order valence-corrected chi connectivity index (χ1v) is 5.68. The molecule has 0 spiro atoms. The zero-order valence-electron chi connectivity index (χ0n) is 10.1. The highest BCUT2D eigenvalue weighted by atomic mass is 35.5. The van der Waals surface area contributed by atoms with Gasteiger partial charge in [-0.15, -0.1) is 0 Å². The fourth-order valence-electron chi connectivity index (χ4n) is 1.40. The Balaban J connectivity index is 2.56. The molecule has 5 heteroatoms. The van der Waals surface area contributed by atoms with Crippen molar-refractivity contribution in [3.05, 3.63) is 34.6 Å². The minimum absolute atomic E-state index is 0.00166. The summed E-state index contributed by atoms with van der Waals surface area (Å²) in [6.45, 7) is 2.26. The van der Waals surface area contributed by atoms with E-state index < -0.39 is 5.82 Å². The summed E-state index contributed by atoms with van der Waals surface area (Å²) in [7, 11) is 3.41. The van der Waals surface area contributed by atoms with Crippen molar-refractivity contribution in [1.29, 1.82) is 0 Å². The number of likely N-dealkylation sites (N-methyl/N-ethyl adjacent to an activating group) is 1. The van der Waals surface area contributed by atoms with Crippen LogP contribution in [0.5, 0.6) is 0 Å². The molecule has 0 heterocycles. The topological polar surface area (TPSA) is 32.3 Å². The van der Waals surface area contributed by atoms with E-state index in [-0.39, 0.29) is 17.0 Å². The molecule has 1 amide bonds. The number of hydrogen-bond donors (Lipinski definition) is 1. The van der Waals surface area contributed by atoms with Gasteiger partial charge in [-0.2, -0.15) is 0 Å². The molecule has 0 fully saturated rings. The highest BCUT2D eigenvalue weighted by molar-refractivity contribution is 6.30. The summed E-state index contributed by atoms with van der Waals surface area (Å²) < 4.78 is 12.9. The lowest BCUT2D eigenvalue weighted by molar-refractivity contribution is -0.130. The lowest BCUT2D eigenvalue weighted by Gasteiger charge is -2.18. The quantitative estimate of drug-likeness (QED) is 0.897. The number of halogens is 2. The van der Waals surface area contributed by atoms with E-state index in [1.54, 1.807) is 33.2 Å². The van der Waals surface area contributed by atoms with Gasteiger partial charge in [0.1, 0.15) is 5.82 Å². The molecule has 1 atom stereocenters. The summed E-state index contributed by atoms with van der Waals surface area (Å²) in [5.41, 5.74) is 0.842. The fourth-order valence-corrected chi connectivity index (χ4v) is 1.60. The van der Waals surface area contributed by atoms with Crippen LogP contribution >= 0.6 is 11.6 Å². The molecule has 1 N–H and O–H groups in total. The zero-order valence-corrected chi connectivity index (χ0v) is 10.9. The van der Waals surface area contributed by atoms with Gasteiger partial charge in [0.2, 0.25) is 5.91 Å². The number of hydrogen-bond acceptors (Lipinski definition) is 2. The summed E-state index contributed by atoms with van der Waals surface area (Å²) in [5.74, 6) is -0.439. The minimum atomic E-state index is -0.437. The average molecular weight is 259 g/mol. The third-order valence-electron chi connectivity index (χ3n) is 2.41. The highest BCUT2D eigenvalue weighted by Gasteiger charge is 2.13. The summed E-state index contributed by atoms with van der Waals surface area (Å²) in [4.78, 5) is 13.1. The molecule has 0 saturated heterocycles. The highest BCUT2D eigenvalue weighted by Crippen LogP contribution is 2.15. The van der Waals surface area contributed by atoms with Gasteiger partial charge >= 0.3 is 0 Å². The van der Waals surface area contributed by atoms with Gasteiger partial charge in [0, 0.05) is 20.6 Å². The molecule has 0 aliphatic heterocycles.